The van der Waals surface area contributed by atoms with Crippen LogP contribution in [0.3, 0.4) is 0 Å². The number of aromatic nitrogens is 3. The number of carbonyl (C=O) groups excluding carboxylic acids is 1. The van der Waals surface area contributed by atoms with Crippen LogP contribution in [0.4, 0.5) is 10.2 Å². The molecule has 4 aromatic rings. The lowest BCUT2D eigenvalue weighted by atomic mass is 10.1. The standard InChI is InChI=1S/C21H16ClFN4O/c1-13-10-18(17-7-6-16(23)11-19(17)25-13)21(28)26-20-8-9-24-27(20)12-14-2-4-15(22)5-3-14/h2-11H,12H2,1H3,(H,26,28). The Balaban J connectivity index is 1.62. The highest BCUT2D eigenvalue weighted by Gasteiger charge is 2.15. The lowest BCUT2D eigenvalue weighted by Gasteiger charge is -2.11. The smallest absolute Gasteiger partial charge is 0.257 e. The van der Waals surface area contributed by atoms with Crippen LogP contribution in [-0.4, -0.2) is 20.7 Å². The highest BCUT2D eigenvalue weighted by atomic mass is 35.5. The third-order valence-electron chi connectivity index (χ3n) is 4.35. The number of aryl methyl sites for hydroxylation is 1. The Morgan fingerprint density at radius 1 is 1.14 bits per heavy atom. The van der Waals surface area contributed by atoms with Crippen LogP contribution in [0.2, 0.25) is 5.02 Å². The van der Waals surface area contributed by atoms with Crippen LogP contribution < -0.4 is 5.32 Å². The van der Waals surface area contributed by atoms with Crippen LogP contribution in [0.25, 0.3) is 10.9 Å². The van der Waals surface area contributed by atoms with E-state index in [1.165, 1.54) is 12.1 Å². The van der Waals surface area contributed by atoms with Gasteiger partial charge in [0.15, 0.2) is 0 Å². The summed E-state index contributed by atoms with van der Waals surface area (Å²) >= 11 is 5.92. The molecule has 0 saturated heterocycles. The lowest BCUT2D eigenvalue weighted by molar-refractivity contribution is 0.102. The fraction of sp³-hybridized carbons (Fsp3) is 0.0952. The van der Waals surface area contributed by atoms with Crippen molar-refractivity contribution in [2.75, 3.05) is 5.32 Å². The van der Waals surface area contributed by atoms with Crippen molar-refractivity contribution in [2.24, 2.45) is 0 Å². The molecule has 0 bridgehead atoms. The molecule has 5 nitrogen and oxygen atoms in total. The number of pyridine rings is 1. The van der Waals surface area contributed by atoms with Gasteiger partial charge in [-0.05, 0) is 42.8 Å². The molecule has 0 aliphatic carbocycles. The van der Waals surface area contributed by atoms with Crippen molar-refractivity contribution in [1.82, 2.24) is 14.8 Å². The minimum atomic E-state index is -0.391. The van der Waals surface area contributed by atoms with Gasteiger partial charge in [-0.2, -0.15) is 5.10 Å². The number of amides is 1. The summed E-state index contributed by atoms with van der Waals surface area (Å²) in [4.78, 5) is 17.2. The normalized spacial score (nSPS) is 11.0. The van der Waals surface area contributed by atoms with Gasteiger partial charge in [0, 0.05) is 28.2 Å². The first-order valence-corrected chi connectivity index (χ1v) is 9.02. The lowest BCUT2D eigenvalue weighted by Crippen LogP contribution is -2.17. The third kappa shape index (κ3) is 3.73. The zero-order valence-electron chi connectivity index (χ0n) is 15.0. The van der Waals surface area contributed by atoms with Crippen molar-refractivity contribution in [3.05, 3.63) is 88.5 Å². The summed E-state index contributed by atoms with van der Waals surface area (Å²) < 4.78 is 15.2. The second-order valence-corrected chi connectivity index (χ2v) is 6.86. The maximum Gasteiger partial charge on any atom is 0.257 e. The molecular weight excluding hydrogens is 379 g/mol. The fourth-order valence-corrected chi connectivity index (χ4v) is 3.16. The maximum atomic E-state index is 13.5. The number of nitrogens with one attached hydrogen (secondary N) is 1. The average Bonchev–Trinajstić information content (AvgIpc) is 3.09. The Kier molecular flexibility index (Phi) is 4.79. The first-order chi connectivity index (χ1) is 13.5. The number of benzene rings is 2. The van der Waals surface area contributed by atoms with Gasteiger partial charge in [-0.1, -0.05) is 23.7 Å². The highest BCUT2D eigenvalue weighted by molar-refractivity contribution is 6.30. The predicted molar refractivity (Wildman–Crippen MR) is 107 cm³/mol. The number of nitrogens with zero attached hydrogens (tertiary/aromatic N) is 3. The molecule has 0 saturated carbocycles. The molecule has 140 valence electrons. The first kappa shape index (κ1) is 18.1. The molecular formula is C21H16ClFN4O. The van der Waals surface area contributed by atoms with Crippen molar-refractivity contribution >= 4 is 34.2 Å². The van der Waals surface area contributed by atoms with E-state index in [-0.39, 0.29) is 5.91 Å². The first-order valence-electron chi connectivity index (χ1n) is 8.64. The van der Waals surface area contributed by atoms with Gasteiger partial charge in [-0.15, -0.1) is 0 Å². The Morgan fingerprint density at radius 2 is 1.93 bits per heavy atom. The van der Waals surface area contributed by atoms with Gasteiger partial charge in [0.1, 0.15) is 11.6 Å². The van der Waals surface area contributed by atoms with Gasteiger partial charge in [0.05, 0.1) is 23.8 Å². The van der Waals surface area contributed by atoms with E-state index in [1.54, 1.807) is 36.0 Å². The second-order valence-electron chi connectivity index (χ2n) is 6.43. The van der Waals surface area contributed by atoms with Crippen LogP contribution in [0.5, 0.6) is 0 Å². The van der Waals surface area contributed by atoms with Gasteiger partial charge >= 0.3 is 0 Å². The molecule has 2 aromatic carbocycles. The van der Waals surface area contributed by atoms with E-state index in [0.29, 0.717) is 39.5 Å². The molecule has 0 atom stereocenters. The second kappa shape index (κ2) is 7.40. The molecule has 0 unspecified atom stereocenters. The van der Waals surface area contributed by atoms with Crippen molar-refractivity contribution in [3.63, 3.8) is 0 Å². The molecule has 2 aromatic heterocycles. The Hall–Kier alpha value is -3.25. The number of carbonyl (C=O) groups is 1. The van der Waals surface area contributed by atoms with Crippen LogP contribution in [0.1, 0.15) is 21.6 Å². The van der Waals surface area contributed by atoms with E-state index >= 15 is 0 Å². The summed E-state index contributed by atoms with van der Waals surface area (Å²) in [5.41, 5.74) is 2.52. The quantitative estimate of drug-likeness (QED) is 0.539. The number of halogens is 2. The molecule has 28 heavy (non-hydrogen) atoms. The average molecular weight is 395 g/mol. The number of hydrogen-bond donors (Lipinski definition) is 1. The summed E-state index contributed by atoms with van der Waals surface area (Å²) in [7, 11) is 0. The summed E-state index contributed by atoms with van der Waals surface area (Å²) in [5.74, 6) is -0.136. The van der Waals surface area contributed by atoms with E-state index in [9.17, 15) is 9.18 Å². The van der Waals surface area contributed by atoms with Crippen LogP contribution >= 0.6 is 11.6 Å². The van der Waals surface area contributed by atoms with Crippen LogP contribution in [0, 0.1) is 12.7 Å². The number of rotatable bonds is 4. The molecule has 0 spiro atoms. The summed E-state index contributed by atoms with van der Waals surface area (Å²) in [6.07, 6.45) is 1.62. The third-order valence-corrected chi connectivity index (χ3v) is 4.60. The Labute approximate surface area is 165 Å². The SMILES string of the molecule is Cc1cc(C(=O)Nc2ccnn2Cc2ccc(Cl)cc2)c2ccc(F)cc2n1. The highest BCUT2D eigenvalue weighted by Crippen LogP contribution is 2.21. The minimum absolute atomic E-state index is 0.306. The van der Waals surface area contributed by atoms with Crippen LogP contribution in [-0.2, 0) is 6.54 Å². The molecule has 0 radical (unpaired) electrons. The largest absolute Gasteiger partial charge is 0.307 e. The zero-order chi connectivity index (χ0) is 19.7. The summed E-state index contributed by atoms with van der Waals surface area (Å²) in [6, 6.07) is 15.1. The van der Waals surface area contributed by atoms with Crippen molar-refractivity contribution in [3.8, 4) is 0 Å². The van der Waals surface area contributed by atoms with Crippen molar-refractivity contribution < 1.29 is 9.18 Å². The molecule has 1 N–H and O–H groups in total. The molecule has 4 rings (SSSR count). The monoisotopic (exact) mass is 394 g/mol. The van der Waals surface area contributed by atoms with Gasteiger partial charge in [0.2, 0.25) is 0 Å². The van der Waals surface area contributed by atoms with E-state index in [0.717, 1.165) is 5.56 Å². The molecule has 2 heterocycles. The zero-order valence-corrected chi connectivity index (χ0v) is 15.7. The Bertz CT molecular complexity index is 1170. The van der Waals surface area contributed by atoms with Crippen molar-refractivity contribution in [2.45, 2.75) is 13.5 Å². The van der Waals surface area contributed by atoms with E-state index in [4.69, 9.17) is 11.6 Å². The van der Waals surface area contributed by atoms with Gasteiger partial charge < -0.3 is 5.32 Å². The Morgan fingerprint density at radius 3 is 2.71 bits per heavy atom. The number of fused-ring (bicyclic) bond motifs is 1. The molecule has 0 aliphatic rings. The van der Waals surface area contributed by atoms with E-state index < -0.39 is 5.82 Å². The molecule has 0 fully saturated rings. The van der Waals surface area contributed by atoms with Crippen LogP contribution in [0.15, 0.2) is 60.8 Å². The summed E-state index contributed by atoms with van der Waals surface area (Å²) in [5, 5.41) is 8.42. The molecule has 1 amide bonds. The predicted octanol–water partition coefficient (Wildman–Crippen LogP) is 4.83. The van der Waals surface area contributed by atoms with E-state index in [1.807, 2.05) is 24.3 Å². The summed E-state index contributed by atoms with van der Waals surface area (Å²) in [6.45, 7) is 2.26. The number of hydrogen-bond acceptors (Lipinski definition) is 3. The fourth-order valence-electron chi connectivity index (χ4n) is 3.03. The van der Waals surface area contributed by atoms with Crippen molar-refractivity contribution in [1.29, 1.82) is 0 Å². The minimum Gasteiger partial charge on any atom is -0.307 e. The van der Waals surface area contributed by atoms with Gasteiger partial charge in [-0.3, -0.25) is 9.78 Å². The van der Waals surface area contributed by atoms with Gasteiger partial charge in [0.25, 0.3) is 5.91 Å². The maximum absolute atomic E-state index is 13.5. The molecule has 7 heteroatoms. The molecule has 0 aliphatic heterocycles. The van der Waals surface area contributed by atoms with E-state index in [2.05, 4.69) is 15.4 Å². The number of anilines is 1. The topological polar surface area (TPSA) is 59.8 Å². The van der Waals surface area contributed by atoms with Gasteiger partial charge in [-0.25, -0.2) is 9.07 Å².